The van der Waals surface area contributed by atoms with Gasteiger partial charge in [0.2, 0.25) is 0 Å². The summed E-state index contributed by atoms with van der Waals surface area (Å²) in [6.45, 7) is 0. The lowest BCUT2D eigenvalue weighted by molar-refractivity contribution is 0.0598. The largest absolute Gasteiger partial charge is 0.422 e. The van der Waals surface area contributed by atoms with E-state index in [1.54, 1.807) is 25.3 Å². The molecule has 1 aromatic heterocycles. The van der Waals surface area contributed by atoms with E-state index in [4.69, 9.17) is 20.8 Å². The van der Waals surface area contributed by atoms with Crippen molar-refractivity contribution in [3.63, 3.8) is 0 Å². The molecule has 1 amide bonds. The van der Waals surface area contributed by atoms with Crippen molar-refractivity contribution in [1.82, 2.24) is 5.32 Å². The first-order valence-electron chi connectivity index (χ1n) is 7.64. The number of benzene rings is 1. The molecule has 0 atom stereocenters. The Kier molecular flexibility index (Phi) is 4.68. The van der Waals surface area contributed by atoms with Crippen LogP contribution in [-0.2, 0) is 4.74 Å². The highest BCUT2D eigenvalue weighted by Crippen LogP contribution is 2.22. The fourth-order valence-corrected chi connectivity index (χ4v) is 3.14. The van der Waals surface area contributed by atoms with Crippen molar-refractivity contribution in [2.45, 2.75) is 37.8 Å². The molecule has 1 aromatic carbocycles. The highest BCUT2D eigenvalue weighted by atomic mass is 35.5. The van der Waals surface area contributed by atoms with Gasteiger partial charge in [-0.2, -0.15) is 0 Å². The Labute approximate surface area is 138 Å². The monoisotopic (exact) mass is 335 g/mol. The first kappa shape index (κ1) is 16.0. The molecule has 1 aliphatic rings. The average Bonchev–Trinajstić information content (AvgIpc) is 2.55. The van der Waals surface area contributed by atoms with Crippen molar-refractivity contribution in [3.05, 3.63) is 45.3 Å². The van der Waals surface area contributed by atoms with Gasteiger partial charge in [0.05, 0.1) is 6.10 Å². The summed E-state index contributed by atoms with van der Waals surface area (Å²) in [6.07, 6.45) is 3.76. The lowest BCUT2D eigenvalue weighted by Crippen LogP contribution is -2.40. The highest BCUT2D eigenvalue weighted by Gasteiger charge is 2.23. The number of rotatable bonds is 3. The molecule has 1 heterocycles. The van der Waals surface area contributed by atoms with E-state index in [1.165, 1.54) is 6.07 Å². The molecule has 0 aliphatic heterocycles. The predicted octanol–water partition coefficient (Wildman–Crippen LogP) is 3.13. The van der Waals surface area contributed by atoms with Crippen molar-refractivity contribution in [2.75, 3.05) is 7.11 Å². The summed E-state index contributed by atoms with van der Waals surface area (Å²) in [7, 11) is 1.70. The zero-order valence-corrected chi connectivity index (χ0v) is 13.6. The van der Waals surface area contributed by atoms with Gasteiger partial charge in [-0.05, 0) is 49.9 Å². The average molecular weight is 336 g/mol. The standard InChI is InChI=1S/C17H18ClNO4/c1-22-13-5-3-12(4-6-13)19-16(20)14-9-10-8-11(18)2-7-15(10)23-17(14)21/h2,7-9,12-13H,3-6H2,1H3,(H,19,20). The molecule has 2 aromatic rings. The van der Waals surface area contributed by atoms with Gasteiger partial charge in [-0.25, -0.2) is 4.79 Å². The lowest BCUT2D eigenvalue weighted by Gasteiger charge is -2.28. The van der Waals surface area contributed by atoms with Crippen LogP contribution in [0.5, 0.6) is 0 Å². The number of carbonyl (C=O) groups excluding carboxylic acids is 1. The third-order valence-corrected chi connectivity index (χ3v) is 4.52. The summed E-state index contributed by atoms with van der Waals surface area (Å²) in [5.41, 5.74) is -0.215. The third kappa shape index (κ3) is 3.57. The molecule has 122 valence electrons. The zero-order chi connectivity index (χ0) is 16.4. The fourth-order valence-electron chi connectivity index (χ4n) is 2.96. The smallest absolute Gasteiger partial charge is 0.349 e. The molecule has 1 saturated carbocycles. The summed E-state index contributed by atoms with van der Waals surface area (Å²) in [5.74, 6) is -0.401. The maximum atomic E-state index is 12.4. The Balaban J connectivity index is 1.78. The number of hydrogen-bond acceptors (Lipinski definition) is 4. The molecule has 0 unspecified atom stereocenters. The van der Waals surface area contributed by atoms with Gasteiger partial charge in [-0.15, -0.1) is 0 Å². The summed E-state index contributed by atoms with van der Waals surface area (Å²) < 4.78 is 10.5. The Morgan fingerprint density at radius 1 is 1.26 bits per heavy atom. The van der Waals surface area contributed by atoms with Crippen LogP contribution in [0.25, 0.3) is 11.0 Å². The number of methoxy groups -OCH3 is 1. The summed E-state index contributed by atoms with van der Waals surface area (Å²) in [4.78, 5) is 24.4. The minimum absolute atomic E-state index is 0.00799. The second-order valence-electron chi connectivity index (χ2n) is 5.81. The zero-order valence-electron chi connectivity index (χ0n) is 12.8. The molecule has 1 fully saturated rings. The fraction of sp³-hybridized carbons (Fsp3) is 0.412. The first-order valence-corrected chi connectivity index (χ1v) is 8.01. The SMILES string of the molecule is COC1CCC(NC(=O)c2cc3cc(Cl)ccc3oc2=O)CC1. The van der Waals surface area contributed by atoms with E-state index in [0.29, 0.717) is 16.0 Å². The number of carbonyl (C=O) groups is 1. The summed E-state index contributed by atoms with van der Waals surface area (Å²) >= 11 is 5.94. The topological polar surface area (TPSA) is 68.5 Å². The van der Waals surface area contributed by atoms with E-state index in [1.807, 2.05) is 0 Å². The number of ether oxygens (including phenoxy) is 1. The molecular weight excluding hydrogens is 318 g/mol. The van der Waals surface area contributed by atoms with E-state index in [0.717, 1.165) is 25.7 Å². The van der Waals surface area contributed by atoms with Crippen molar-refractivity contribution < 1.29 is 13.9 Å². The quantitative estimate of drug-likeness (QED) is 0.875. The first-order chi connectivity index (χ1) is 11.1. The molecule has 6 heteroatoms. The van der Waals surface area contributed by atoms with Crippen molar-refractivity contribution in [3.8, 4) is 0 Å². The molecular formula is C17H18ClNO4. The van der Waals surface area contributed by atoms with Crippen LogP contribution in [0.3, 0.4) is 0 Å². The molecule has 3 rings (SSSR count). The van der Waals surface area contributed by atoms with Crippen molar-refractivity contribution in [1.29, 1.82) is 0 Å². The van der Waals surface area contributed by atoms with Crippen LogP contribution >= 0.6 is 11.6 Å². The summed E-state index contributed by atoms with van der Waals surface area (Å²) in [5, 5.41) is 4.07. The highest BCUT2D eigenvalue weighted by molar-refractivity contribution is 6.31. The van der Waals surface area contributed by atoms with E-state index < -0.39 is 11.5 Å². The van der Waals surface area contributed by atoms with Crippen LogP contribution in [-0.4, -0.2) is 25.2 Å². The molecule has 23 heavy (non-hydrogen) atoms. The van der Waals surface area contributed by atoms with Crippen LogP contribution in [0.2, 0.25) is 5.02 Å². The van der Waals surface area contributed by atoms with Gasteiger partial charge in [0.15, 0.2) is 0 Å². The number of amides is 1. The van der Waals surface area contributed by atoms with Crippen molar-refractivity contribution in [2.24, 2.45) is 0 Å². The summed E-state index contributed by atoms with van der Waals surface area (Å²) in [6, 6.07) is 6.51. The van der Waals surface area contributed by atoms with Crippen LogP contribution < -0.4 is 10.9 Å². The van der Waals surface area contributed by atoms with Gasteiger partial charge in [-0.3, -0.25) is 4.79 Å². The van der Waals surface area contributed by atoms with Gasteiger partial charge in [0.25, 0.3) is 5.91 Å². The second kappa shape index (κ2) is 6.72. The Bertz CT molecular complexity index is 778. The normalized spacial score (nSPS) is 21.3. The number of halogens is 1. The maximum absolute atomic E-state index is 12.4. The van der Waals surface area contributed by atoms with Gasteiger partial charge >= 0.3 is 5.63 Å². The Morgan fingerprint density at radius 3 is 2.70 bits per heavy atom. The molecule has 0 saturated heterocycles. The molecule has 0 radical (unpaired) electrons. The Morgan fingerprint density at radius 2 is 2.00 bits per heavy atom. The minimum Gasteiger partial charge on any atom is -0.422 e. The molecule has 0 spiro atoms. The molecule has 1 aliphatic carbocycles. The number of hydrogen-bond donors (Lipinski definition) is 1. The predicted molar refractivity (Wildman–Crippen MR) is 88.0 cm³/mol. The minimum atomic E-state index is -0.636. The third-order valence-electron chi connectivity index (χ3n) is 4.28. The van der Waals surface area contributed by atoms with Crippen molar-refractivity contribution >= 4 is 28.5 Å². The van der Waals surface area contributed by atoms with E-state index in [-0.39, 0.29) is 17.7 Å². The van der Waals surface area contributed by atoms with Crippen LogP contribution in [0.4, 0.5) is 0 Å². The van der Waals surface area contributed by atoms with E-state index in [9.17, 15) is 9.59 Å². The second-order valence-corrected chi connectivity index (χ2v) is 6.25. The molecule has 1 N–H and O–H groups in total. The Hall–Kier alpha value is -1.85. The number of fused-ring (bicyclic) bond motifs is 1. The molecule has 5 nitrogen and oxygen atoms in total. The van der Waals surface area contributed by atoms with Crippen LogP contribution in [0.15, 0.2) is 33.5 Å². The van der Waals surface area contributed by atoms with Crippen LogP contribution in [0, 0.1) is 0 Å². The van der Waals surface area contributed by atoms with Gasteiger partial charge in [0, 0.05) is 23.6 Å². The lowest BCUT2D eigenvalue weighted by atomic mass is 9.93. The van der Waals surface area contributed by atoms with Gasteiger partial charge in [-0.1, -0.05) is 11.6 Å². The number of nitrogens with one attached hydrogen (secondary N) is 1. The molecule has 0 bridgehead atoms. The van der Waals surface area contributed by atoms with Crippen LogP contribution in [0.1, 0.15) is 36.0 Å². The van der Waals surface area contributed by atoms with Gasteiger partial charge in [0.1, 0.15) is 11.1 Å². The van der Waals surface area contributed by atoms with Gasteiger partial charge < -0.3 is 14.5 Å². The maximum Gasteiger partial charge on any atom is 0.349 e. The van der Waals surface area contributed by atoms with E-state index >= 15 is 0 Å². The van der Waals surface area contributed by atoms with E-state index in [2.05, 4.69) is 5.32 Å².